The maximum Gasteiger partial charge on any atom is 0.190 e. The molecule has 0 aliphatic rings. The summed E-state index contributed by atoms with van der Waals surface area (Å²) in [6.07, 6.45) is 4.06. The van der Waals surface area contributed by atoms with E-state index in [0.717, 1.165) is 25.7 Å². The molecule has 0 saturated heterocycles. The molecule has 21 heavy (non-hydrogen) atoms. The maximum atomic E-state index is 13.8. The van der Waals surface area contributed by atoms with Gasteiger partial charge in [0.15, 0.2) is 17.4 Å². The summed E-state index contributed by atoms with van der Waals surface area (Å²) in [5, 5.41) is 3.04. The van der Waals surface area contributed by atoms with E-state index >= 15 is 0 Å². The minimum Gasteiger partial charge on any atom is -0.488 e. The number of benzene rings is 1. The minimum atomic E-state index is -0.644. The average Bonchev–Trinajstić information content (AvgIpc) is 2.46. The van der Waals surface area contributed by atoms with E-state index in [9.17, 15) is 8.78 Å². The summed E-state index contributed by atoms with van der Waals surface area (Å²) in [7, 11) is 1.60. The van der Waals surface area contributed by atoms with E-state index in [1.165, 1.54) is 12.1 Å². The summed E-state index contributed by atoms with van der Waals surface area (Å²) in [5.74, 6) is -1.56. The van der Waals surface area contributed by atoms with Crippen LogP contribution in [0, 0.1) is 11.6 Å². The van der Waals surface area contributed by atoms with Crippen molar-refractivity contribution in [2.45, 2.75) is 39.2 Å². The van der Waals surface area contributed by atoms with Crippen molar-refractivity contribution in [2.75, 3.05) is 26.9 Å². The van der Waals surface area contributed by atoms with Crippen LogP contribution in [0.2, 0.25) is 0 Å². The Hall–Kier alpha value is -1.20. The Labute approximate surface area is 125 Å². The maximum absolute atomic E-state index is 13.8. The molecule has 0 aromatic heterocycles. The van der Waals surface area contributed by atoms with Gasteiger partial charge in [0.2, 0.25) is 0 Å². The van der Waals surface area contributed by atoms with E-state index in [0.29, 0.717) is 31.9 Å². The number of halogens is 2. The summed E-state index contributed by atoms with van der Waals surface area (Å²) in [6.45, 7) is 4.05. The molecule has 3 nitrogen and oxygen atoms in total. The Morgan fingerprint density at radius 2 is 1.76 bits per heavy atom. The van der Waals surface area contributed by atoms with Gasteiger partial charge in [-0.3, -0.25) is 0 Å². The Morgan fingerprint density at radius 3 is 2.38 bits per heavy atom. The molecular formula is C16H25F2NO2. The minimum absolute atomic E-state index is 0.271. The summed E-state index contributed by atoms with van der Waals surface area (Å²) >= 11 is 0. The van der Waals surface area contributed by atoms with Crippen molar-refractivity contribution in [1.82, 2.24) is 5.32 Å². The van der Waals surface area contributed by atoms with Gasteiger partial charge in [0, 0.05) is 20.2 Å². The van der Waals surface area contributed by atoms with Gasteiger partial charge in [-0.1, -0.05) is 26.2 Å². The number of hydrogen-bond acceptors (Lipinski definition) is 3. The van der Waals surface area contributed by atoms with E-state index in [1.54, 1.807) is 7.11 Å². The second-order valence-corrected chi connectivity index (χ2v) is 4.97. The van der Waals surface area contributed by atoms with E-state index in [1.807, 2.05) is 0 Å². The van der Waals surface area contributed by atoms with Crippen LogP contribution < -0.4 is 10.1 Å². The Balaban J connectivity index is 2.46. The highest BCUT2D eigenvalue weighted by molar-refractivity contribution is 5.31. The third-order valence-corrected chi connectivity index (χ3v) is 3.11. The molecule has 0 atom stereocenters. The summed E-state index contributed by atoms with van der Waals surface area (Å²) in [6, 6.07) is 2.62. The molecule has 0 aliphatic carbocycles. The standard InChI is InChI=1S/C16H25F2NO2/c1-3-4-5-6-8-21-16-14(17)10-13(11-15(16)18)12-19-7-9-20-2/h10-11,19H,3-9,12H2,1-2H3. The fraction of sp³-hybridized carbons (Fsp3) is 0.625. The van der Waals surface area contributed by atoms with Crippen molar-refractivity contribution in [2.24, 2.45) is 0 Å². The van der Waals surface area contributed by atoms with Gasteiger partial charge >= 0.3 is 0 Å². The summed E-state index contributed by atoms with van der Waals surface area (Å²) in [4.78, 5) is 0. The number of methoxy groups -OCH3 is 1. The number of ether oxygens (including phenoxy) is 2. The number of rotatable bonds is 11. The molecule has 0 bridgehead atoms. The third kappa shape index (κ3) is 6.87. The molecule has 1 rings (SSSR count). The zero-order valence-corrected chi connectivity index (χ0v) is 12.9. The van der Waals surface area contributed by atoms with E-state index in [2.05, 4.69) is 12.2 Å². The molecule has 0 saturated carbocycles. The monoisotopic (exact) mass is 301 g/mol. The number of unbranched alkanes of at least 4 members (excludes halogenated alkanes) is 3. The van der Waals surface area contributed by atoms with Crippen LogP contribution in [0.15, 0.2) is 12.1 Å². The lowest BCUT2D eigenvalue weighted by atomic mass is 10.2. The molecule has 0 aliphatic heterocycles. The molecule has 0 radical (unpaired) electrons. The van der Waals surface area contributed by atoms with Gasteiger partial charge in [0.1, 0.15) is 0 Å². The Morgan fingerprint density at radius 1 is 1.05 bits per heavy atom. The molecule has 5 heteroatoms. The topological polar surface area (TPSA) is 30.5 Å². The second kappa shape index (κ2) is 10.5. The van der Waals surface area contributed by atoms with Crippen molar-refractivity contribution in [1.29, 1.82) is 0 Å². The fourth-order valence-corrected chi connectivity index (χ4v) is 1.96. The molecule has 1 aromatic carbocycles. The molecule has 120 valence electrons. The highest BCUT2D eigenvalue weighted by Crippen LogP contribution is 2.23. The SMILES string of the molecule is CCCCCCOc1c(F)cc(CNCCOC)cc1F. The molecule has 1 aromatic rings. The first-order valence-corrected chi connectivity index (χ1v) is 7.49. The molecule has 0 heterocycles. The first kappa shape index (κ1) is 17.9. The average molecular weight is 301 g/mol. The van der Waals surface area contributed by atoms with E-state index in [-0.39, 0.29) is 5.75 Å². The van der Waals surface area contributed by atoms with Crippen LogP contribution in [0.5, 0.6) is 5.75 Å². The van der Waals surface area contributed by atoms with Crippen molar-refractivity contribution >= 4 is 0 Å². The number of nitrogens with one attached hydrogen (secondary N) is 1. The Kier molecular flexibility index (Phi) is 8.94. The van der Waals surface area contributed by atoms with Gasteiger partial charge in [-0.05, 0) is 24.1 Å². The van der Waals surface area contributed by atoms with Crippen molar-refractivity contribution in [3.8, 4) is 5.75 Å². The first-order valence-electron chi connectivity index (χ1n) is 7.49. The van der Waals surface area contributed by atoms with Crippen molar-refractivity contribution in [3.05, 3.63) is 29.3 Å². The molecular weight excluding hydrogens is 276 g/mol. The molecule has 0 spiro atoms. The lowest BCUT2D eigenvalue weighted by Crippen LogP contribution is -2.18. The smallest absolute Gasteiger partial charge is 0.190 e. The second-order valence-electron chi connectivity index (χ2n) is 4.97. The summed E-state index contributed by atoms with van der Waals surface area (Å²) < 4.78 is 37.8. The van der Waals surface area contributed by atoms with E-state index in [4.69, 9.17) is 9.47 Å². The highest BCUT2D eigenvalue weighted by Gasteiger charge is 2.12. The largest absolute Gasteiger partial charge is 0.488 e. The normalized spacial score (nSPS) is 10.9. The van der Waals surface area contributed by atoms with Crippen molar-refractivity contribution < 1.29 is 18.3 Å². The molecule has 1 N–H and O–H groups in total. The van der Waals surface area contributed by atoms with Crippen LogP contribution in [0.1, 0.15) is 38.2 Å². The van der Waals surface area contributed by atoms with Crippen LogP contribution in [-0.4, -0.2) is 26.9 Å². The lowest BCUT2D eigenvalue weighted by molar-refractivity contribution is 0.199. The quantitative estimate of drug-likeness (QED) is 0.633. The summed E-state index contributed by atoms with van der Waals surface area (Å²) in [5.41, 5.74) is 0.555. The van der Waals surface area contributed by atoms with Gasteiger partial charge < -0.3 is 14.8 Å². The zero-order chi connectivity index (χ0) is 15.5. The fourth-order valence-electron chi connectivity index (χ4n) is 1.96. The van der Waals surface area contributed by atoms with E-state index < -0.39 is 11.6 Å². The predicted molar refractivity (Wildman–Crippen MR) is 79.6 cm³/mol. The zero-order valence-electron chi connectivity index (χ0n) is 12.9. The third-order valence-electron chi connectivity index (χ3n) is 3.11. The van der Waals surface area contributed by atoms with Gasteiger partial charge in [-0.2, -0.15) is 0 Å². The van der Waals surface area contributed by atoms with Crippen molar-refractivity contribution in [3.63, 3.8) is 0 Å². The number of hydrogen-bond donors (Lipinski definition) is 1. The van der Waals surface area contributed by atoms with Crippen LogP contribution in [0.3, 0.4) is 0 Å². The predicted octanol–water partition coefficient (Wildman–Crippen LogP) is 3.66. The van der Waals surface area contributed by atoms with Crippen LogP contribution in [-0.2, 0) is 11.3 Å². The lowest BCUT2D eigenvalue weighted by Gasteiger charge is -2.10. The van der Waals surface area contributed by atoms with Gasteiger partial charge in [-0.25, -0.2) is 8.78 Å². The van der Waals surface area contributed by atoms with Gasteiger partial charge in [0.25, 0.3) is 0 Å². The molecule has 0 amide bonds. The Bertz CT molecular complexity index is 390. The highest BCUT2D eigenvalue weighted by atomic mass is 19.1. The first-order chi connectivity index (χ1) is 10.2. The molecule has 0 unspecified atom stereocenters. The van der Waals surface area contributed by atoms with Crippen LogP contribution >= 0.6 is 0 Å². The van der Waals surface area contributed by atoms with Gasteiger partial charge in [0.05, 0.1) is 13.2 Å². The van der Waals surface area contributed by atoms with Crippen LogP contribution in [0.4, 0.5) is 8.78 Å². The van der Waals surface area contributed by atoms with Gasteiger partial charge in [-0.15, -0.1) is 0 Å². The molecule has 0 fully saturated rings. The van der Waals surface area contributed by atoms with Crippen LogP contribution in [0.25, 0.3) is 0 Å².